The maximum atomic E-state index is 13.3. The topological polar surface area (TPSA) is 75.7 Å². The van der Waals surface area contributed by atoms with Crippen LogP contribution in [0.1, 0.15) is 24.1 Å². The van der Waals surface area contributed by atoms with Crippen molar-refractivity contribution in [2.45, 2.75) is 24.4 Å². The molecule has 0 radical (unpaired) electrons. The van der Waals surface area contributed by atoms with Gasteiger partial charge in [0.1, 0.15) is 11.6 Å². The number of hydrogen-bond acceptors (Lipinski definition) is 4. The average Bonchev–Trinajstić information content (AvgIpc) is 2.79. The number of nitrogens with one attached hydrogen (secondary N) is 1. The molecule has 6 nitrogen and oxygen atoms in total. The Balaban J connectivity index is 1.83. The Morgan fingerprint density at radius 2 is 1.62 bits per heavy atom. The molecule has 0 fully saturated rings. The van der Waals surface area contributed by atoms with E-state index >= 15 is 0 Å². The third-order valence-corrected chi connectivity index (χ3v) is 6.76. The molecule has 3 aromatic rings. The first-order valence-electron chi connectivity index (χ1n) is 10.0. The number of amides is 1. The summed E-state index contributed by atoms with van der Waals surface area (Å²) in [5.74, 6) is -0.382. The van der Waals surface area contributed by atoms with Crippen LogP contribution < -0.4 is 10.1 Å². The number of carbonyl (C=O) groups excluding carboxylic acids is 1. The molecule has 1 atom stereocenters. The molecule has 0 saturated heterocycles. The van der Waals surface area contributed by atoms with E-state index < -0.39 is 34.3 Å². The highest BCUT2D eigenvalue weighted by molar-refractivity contribution is 7.89. The highest BCUT2D eigenvalue weighted by Gasteiger charge is 2.27. The maximum Gasteiger partial charge on any atom is 0.243 e. The van der Waals surface area contributed by atoms with Crippen molar-refractivity contribution in [3.8, 4) is 5.75 Å². The molecular formula is C24H25FN2O4S. The second-order valence-electron chi connectivity index (χ2n) is 7.24. The van der Waals surface area contributed by atoms with Crippen LogP contribution in [0, 0.1) is 5.82 Å². The minimum absolute atomic E-state index is 0.00297. The van der Waals surface area contributed by atoms with Gasteiger partial charge in [0.05, 0.1) is 24.6 Å². The molecule has 168 valence electrons. The smallest absolute Gasteiger partial charge is 0.243 e. The number of hydrogen-bond donors (Lipinski definition) is 1. The Hall–Kier alpha value is -3.23. The number of methoxy groups -OCH3 is 1. The van der Waals surface area contributed by atoms with Crippen LogP contribution in [0.25, 0.3) is 0 Å². The lowest BCUT2D eigenvalue weighted by atomic mass is 10.1. The van der Waals surface area contributed by atoms with E-state index in [-0.39, 0.29) is 11.4 Å². The quantitative estimate of drug-likeness (QED) is 0.530. The lowest BCUT2D eigenvalue weighted by molar-refractivity contribution is -0.122. The zero-order chi connectivity index (χ0) is 23.1. The molecule has 0 saturated carbocycles. The minimum Gasteiger partial charge on any atom is -0.496 e. The average molecular weight is 457 g/mol. The SMILES string of the molecule is COc1ccccc1C(C)NC(=O)CN(Cc1ccccc1)S(=O)(=O)c1ccc(F)cc1. The first-order chi connectivity index (χ1) is 15.3. The van der Waals surface area contributed by atoms with Crippen LogP contribution in [0.3, 0.4) is 0 Å². The summed E-state index contributed by atoms with van der Waals surface area (Å²) in [6, 6.07) is 20.4. The molecule has 0 aliphatic carbocycles. The Bertz CT molecular complexity index is 1150. The normalized spacial score (nSPS) is 12.4. The monoisotopic (exact) mass is 456 g/mol. The molecule has 1 unspecified atom stereocenters. The van der Waals surface area contributed by atoms with Crippen LogP contribution >= 0.6 is 0 Å². The van der Waals surface area contributed by atoms with Gasteiger partial charge >= 0.3 is 0 Å². The lowest BCUT2D eigenvalue weighted by Crippen LogP contribution is -2.41. The summed E-state index contributed by atoms with van der Waals surface area (Å²) in [4.78, 5) is 12.8. The number of ether oxygens (including phenoxy) is 1. The zero-order valence-electron chi connectivity index (χ0n) is 17.9. The van der Waals surface area contributed by atoms with E-state index in [0.29, 0.717) is 5.75 Å². The first-order valence-corrected chi connectivity index (χ1v) is 11.5. The van der Waals surface area contributed by atoms with Crippen LogP contribution in [0.15, 0.2) is 83.8 Å². The van der Waals surface area contributed by atoms with Gasteiger partial charge in [0.2, 0.25) is 15.9 Å². The van der Waals surface area contributed by atoms with Crippen molar-refractivity contribution >= 4 is 15.9 Å². The predicted molar refractivity (Wildman–Crippen MR) is 120 cm³/mol. The van der Waals surface area contributed by atoms with Crippen molar-refractivity contribution in [1.29, 1.82) is 0 Å². The van der Waals surface area contributed by atoms with Crippen LogP contribution in [0.5, 0.6) is 5.75 Å². The third kappa shape index (κ3) is 5.72. The Labute approximate surface area is 187 Å². The molecule has 0 heterocycles. The van der Waals surface area contributed by atoms with Gasteiger partial charge in [-0.05, 0) is 42.8 Å². The molecule has 1 N–H and O–H groups in total. The molecule has 3 aromatic carbocycles. The second kappa shape index (κ2) is 10.4. The van der Waals surface area contributed by atoms with Crippen LogP contribution in [0.2, 0.25) is 0 Å². The largest absolute Gasteiger partial charge is 0.496 e. The van der Waals surface area contributed by atoms with Gasteiger partial charge < -0.3 is 10.1 Å². The van der Waals surface area contributed by atoms with E-state index in [0.717, 1.165) is 27.6 Å². The van der Waals surface area contributed by atoms with Gasteiger partial charge in [-0.25, -0.2) is 12.8 Å². The van der Waals surface area contributed by atoms with Crippen molar-refractivity contribution in [2.75, 3.05) is 13.7 Å². The number of sulfonamides is 1. The van der Waals surface area contributed by atoms with Crippen molar-refractivity contribution in [2.24, 2.45) is 0 Å². The van der Waals surface area contributed by atoms with Gasteiger partial charge in [-0.3, -0.25) is 4.79 Å². The second-order valence-corrected chi connectivity index (χ2v) is 9.18. The Kier molecular flexibility index (Phi) is 7.61. The van der Waals surface area contributed by atoms with Crippen LogP contribution in [-0.4, -0.2) is 32.3 Å². The predicted octanol–water partition coefficient (Wildman–Crippen LogP) is 3.90. The summed E-state index contributed by atoms with van der Waals surface area (Å²) < 4.78 is 46.2. The molecule has 8 heteroatoms. The van der Waals surface area contributed by atoms with Gasteiger partial charge in [-0.2, -0.15) is 4.31 Å². The number of para-hydroxylation sites is 1. The van der Waals surface area contributed by atoms with Gasteiger partial charge in [-0.15, -0.1) is 0 Å². The van der Waals surface area contributed by atoms with Gasteiger partial charge in [-0.1, -0.05) is 48.5 Å². The molecule has 0 aromatic heterocycles. The van der Waals surface area contributed by atoms with Gasteiger partial charge in [0, 0.05) is 12.1 Å². The molecule has 0 bridgehead atoms. The highest BCUT2D eigenvalue weighted by Crippen LogP contribution is 2.24. The summed E-state index contributed by atoms with van der Waals surface area (Å²) in [5, 5.41) is 2.83. The number of carbonyl (C=O) groups is 1. The third-order valence-electron chi connectivity index (χ3n) is 4.96. The summed E-state index contributed by atoms with van der Waals surface area (Å²) in [6.07, 6.45) is 0. The fraction of sp³-hybridized carbons (Fsp3) is 0.208. The van der Waals surface area contributed by atoms with E-state index in [1.165, 1.54) is 12.1 Å². The van der Waals surface area contributed by atoms with E-state index in [2.05, 4.69) is 5.32 Å². The van der Waals surface area contributed by atoms with E-state index in [4.69, 9.17) is 4.74 Å². The highest BCUT2D eigenvalue weighted by atomic mass is 32.2. The number of nitrogens with zero attached hydrogens (tertiary/aromatic N) is 1. The van der Waals surface area contributed by atoms with E-state index in [1.54, 1.807) is 44.4 Å². The standard InChI is InChI=1S/C24H25FN2O4S/c1-18(22-10-6-7-11-23(22)31-2)26-24(28)17-27(16-19-8-4-3-5-9-19)32(29,30)21-14-12-20(25)13-15-21/h3-15,18H,16-17H2,1-2H3,(H,26,28). The van der Waals surface area contributed by atoms with Crippen molar-refractivity contribution in [1.82, 2.24) is 9.62 Å². The van der Waals surface area contributed by atoms with Gasteiger partial charge in [0.15, 0.2) is 0 Å². The number of rotatable bonds is 9. The fourth-order valence-corrected chi connectivity index (χ4v) is 4.70. The molecule has 0 aliphatic rings. The van der Waals surface area contributed by atoms with E-state index in [9.17, 15) is 17.6 Å². The van der Waals surface area contributed by atoms with Crippen LogP contribution in [0.4, 0.5) is 4.39 Å². The van der Waals surface area contributed by atoms with Crippen molar-refractivity contribution in [3.05, 3.63) is 95.8 Å². The van der Waals surface area contributed by atoms with E-state index in [1.807, 2.05) is 24.3 Å². The molecule has 1 amide bonds. The maximum absolute atomic E-state index is 13.3. The summed E-state index contributed by atoms with van der Waals surface area (Å²) in [6.45, 7) is 1.40. The van der Waals surface area contributed by atoms with Gasteiger partial charge in [0.25, 0.3) is 0 Å². The molecule has 32 heavy (non-hydrogen) atoms. The summed E-state index contributed by atoms with van der Waals surface area (Å²) >= 11 is 0. The first kappa shape index (κ1) is 23.4. The van der Waals surface area contributed by atoms with Crippen molar-refractivity contribution in [3.63, 3.8) is 0 Å². The summed E-state index contributed by atoms with van der Waals surface area (Å²) in [7, 11) is -2.50. The van der Waals surface area contributed by atoms with Crippen LogP contribution in [-0.2, 0) is 21.4 Å². The Morgan fingerprint density at radius 3 is 2.28 bits per heavy atom. The molecule has 0 spiro atoms. The fourth-order valence-electron chi connectivity index (χ4n) is 3.32. The number of halogens is 1. The molecular weight excluding hydrogens is 431 g/mol. The van der Waals surface area contributed by atoms with Crippen molar-refractivity contribution < 1.29 is 22.3 Å². The zero-order valence-corrected chi connectivity index (χ0v) is 18.7. The minimum atomic E-state index is -4.04. The summed E-state index contributed by atoms with van der Waals surface area (Å²) in [5.41, 5.74) is 1.50. The molecule has 3 rings (SSSR count). The molecule has 0 aliphatic heterocycles. The lowest BCUT2D eigenvalue weighted by Gasteiger charge is -2.24. The Morgan fingerprint density at radius 1 is 1.00 bits per heavy atom. The number of benzene rings is 3.